The largest absolute Gasteiger partial charge is 0.391 e. The molecule has 2 atom stereocenters. The second-order valence-electron chi connectivity index (χ2n) is 5.46. The number of carbonyl (C=O) groups excluding carboxylic acids is 1. The molecular formula is C17H14FN3O2. The number of benzene rings is 1. The highest BCUT2D eigenvalue weighted by molar-refractivity contribution is 5.94. The lowest BCUT2D eigenvalue weighted by Crippen LogP contribution is -2.31. The highest BCUT2D eigenvalue weighted by atomic mass is 19.1. The van der Waals surface area contributed by atoms with E-state index in [2.05, 4.69) is 4.98 Å². The first-order chi connectivity index (χ1) is 11.1. The molecule has 1 amide bonds. The Hall–Kier alpha value is -2.78. The summed E-state index contributed by atoms with van der Waals surface area (Å²) in [6.07, 6.45) is 1.09. The van der Waals surface area contributed by atoms with Crippen molar-refractivity contribution in [2.24, 2.45) is 0 Å². The standard InChI is InChI=1S/C17H14FN3O2/c18-13-3-1-2-11(6-13)16-8-15(22)10-21(16)17(23)12-4-5-20-14(7-12)9-19/h1-7,15-16,22H,8,10H2. The van der Waals surface area contributed by atoms with Crippen LogP contribution in [0.15, 0.2) is 42.6 Å². The van der Waals surface area contributed by atoms with Gasteiger partial charge in [0.1, 0.15) is 17.6 Å². The van der Waals surface area contributed by atoms with E-state index in [-0.39, 0.29) is 24.0 Å². The first-order valence-corrected chi connectivity index (χ1v) is 7.19. The van der Waals surface area contributed by atoms with E-state index in [0.29, 0.717) is 17.5 Å². The van der Waals surface area contributed by atoms with E-state index >= 15 is 0 Å². The monoisotopic (exact) mass is 311 g/mol. The lowest BCUT2D eigenvalue weighted by Gasteiger charge is -2.25. The smallest absolute Gasteiger partial charge is 0.254 e. The number of nitriles is 1. The Kier molecular flexibility index (Phi) is 4.04. The van der Waals surface area contributed by atoms with Crippen molar-refractivity contribution >= 4 is 5.91 Å². The number of aliphatic hydroxyl groups is 1. The maximum Gasteiger partial charge on any atom is 0.254 e. The highest BCUT2D eigenvalue weighted by Gasteiger charge is 2.35. The molecule has 0 radical (unpaired) electrons. The van der Waals surface area contributed by atoms with Crippen LogP contribution in [0.3, 0.4) is 0 Å². The van der Waals surface area contributed by atoms with Crippen LogP contribution in [0, 0.1) is 17.1 Å². The van der Waals surface area contributed by atoms with E-state index in [1.54, 1.807) is 12.1 Å². The summed E-state index contributed by atoms with van der Waals surface area (Å²) in [5.74, 6) is -0.693. The third-order valence-corrected chi connectivity index (χ3v) is 3.89. The Balaban J connectivity index is 1.93. The van der Waals surface area contributed by atoms with Crippen molar-refractivity contribution in [3.8, 4) is 6.07 Å². The summed E-state index contributed by atoms with van der Waals surface area (Å²) in [6.45, 7) is 0.171. The number of pyridine rings is 1. The molecule has 1 saturated heterocycles. The number of rotatable bonds is 2. The van der Waals surface area contributed by atoms with E-state index in [1.807, 2.05) is 6.07 Å². The lowest BCUT2D eigenvalue weighted by atomic mass is 10.0. The first kappa shape index (κ1) is 15.1. The van der Waals surface area contributed by atoms with Crippen molar-refractivity contribution in [2.75, 3.05) is 6.54 Å². The molecular weight excluding hydrogens is 297 g/mol. The van der Waals surface area contributed by atoms with Gasteiger partial charge in [0.05, 0.1) is 12.1 Å². The molecule has 3 rings (SSSR count). The number of aliphatic hydroxyl groups excluding tert-OH is 1. The fraction of sp³-hybridized carbons (Fsp3) is 0.235. The molecule has 2 aromatic rings. The topological polar surface area (TPSA) is 77.2 Å². The third-order valence-electron chi connectivity index (χ3n) is 3.89. The van der Waals surface area contributed by atoms with Crippen molar-refractivity contribution in [1.29, 1.82) is 5.26 Å². The average molecular weight is 311 g/mol. The van der Waals surface area contributed by atoms with Crippen LogP contribution < -0.4 is 0 Å². The van der Waals surface area contributed by atoms with E-state index in [0.717, 1.165) is 0 Å². The third kappa shape index (κ3) is 3.05. The molecule has 0 spiro atoms. The number of hydrogen-bond donors (Lipinski definition) is 1. The first-order valence-electron chi connectivity index (χ1n) is 7.19. The molecule has 1 N–H and O–H groups in total. The minimum absolute atomic E-state index is 0.151. The lowest BCUT2D eigenvalue weighted by molar-refractivity contribution is 0.0715. The van der Waals surface area contributed by atoms with Crippen molar-refractivity contribution < 1.29 is 14.3 Å². The van der Waals surface area contributed by atoms with Crippen molar-refractivity contribution in [1.82, 2.24) is 9.88 Å². The van der Waals surface area contributed by atoms with Crippen LogP contribution in [0.4, 0.5) is 4.39 Å². The minimum atomic E-state index is -0.663. The SMILES string of the molecule is N#Cc1cc(C(=O)N2CC(O)CC2c2cccc(F)c2)ccn1. The van der Waals surface area contributed by atoms with Crippen LogP contribution in [0.2, 0.25) is 0 Å². The van der Waals surface area contributed by atoms with Gasteiger partial charge in [0.25, 0.3) is 5.91 Å². The Morgan fingerprint density at radius 3 is 2.96 bits per heavy atom. The fourth-order valence-electron chi connectivity index (χ4n) is 2.86. The molecule has 23 heavy (non-hydrogen) atoms. The molecule has 5 nitrogen and oxygen atoms in total. The number of nitrogens with zero attached hydrogens (tertiary/aromatic N) is 3. The summed E-state index contributed by atoms with van der Waals surface area (Å²) in [5, 5.41) is 18.8. The van der Waals surface area contributed by atoms with Gasteiger partial charge in [-0.25, -0.2) is 9.37 Å². The van der Waals surface area contributed by atoms with Crippen molar-refractivity contribution in [3.63, 3.8) is 0 Å². The molecule has 2 unspecified atom stereocenters. The van der Waals surface area contributed by atoms with Gasteiger partial charge in [-0.1, -0.05) is 12.1 Å². The molecule has 1 aromatic heterocycles. The van der Waals surface area contributed by atoms with Crippen LogP contribution in [0.5, 0.6) is 0 Å². The van der Waals surface area contributed by atoms with Crippen LogP contribution in [0.1, 0.15) is 34.1 Å². The number of likely N-dealkylation sites (tertiary alicyclic amines) is 1. The van der Waals surface area contributed by atoms with Crippen LogP contribution >= 0.6 is 0 Å². The molecule has 1 aromatic carbocycles. The molecule has 1 fully saturated rings. The number of carbonyl (C=O) groups is 1. The normalized spacial score (nSPS) is 20.3. The summed E-state index contributed by atoms with van der Waals surface area (Å²) in [6, 6.07) is 10.5. The number of amides is 1. The number of aromatic nitrogens is 1. The van der Waals surface area contributed by atoms with E-state index in [4.69, 9.17) is 5.26 Å². The van der Waals surface area contributed by atoms with Gasteiger partial charge in [0, 0.05) is 18.3 Å². The number of β-amino-alcohol motifs (C(OH)–C–C–N with tert-alkyl or cyclic N) is 1. The predicted molar refractivity (Wildman–Crippen MR) is 79.8 cm³/mol. The molecule has 6 heteroatoms. The summed E-state index contributed by atoms with van der Waals surface area (Å²) >= 11 is 0. The minimum Gasteiger partial charge on any atom is -0.391 e. The van der Waals surface area contributed by atoms with Crippen molar-refractivity contribution in [3.05, 3.63) is 65.2 Å². The maximum atomic E-state index is 13.5. The Bertz CT molecular complexity index is 787. The Morgan fingerprint density at radius 2 is 2.22 bits per heavy atom. The maximum absolute atomic E-state index is 13.5. The van der Waals surface area contributed by atoms with Gasteiger partial charge in [0.15, 0.2) is 0 Å². The van der Waals surface area contributed by atoms with E-state index in [9.17, 15) is 14.3 Å². The zero-order chi connectivity index (χ0) is 16.4. The Morgan fingerprint density at radius 1 is 1.39 bits per heavy atom. The van der Waals surface area contributed by atoms with E-state index < -0.39 is 12.1 Å². The van der Waals surface area contributed by atoms with Crippen LogP contribution in [-0.2, 0) is 0 Å². The quantitative estimate of drug-likeness (QED) is 0.920. The van der Waals surface area contributed by atoms with Gasteiger partial charge < -0.3 is 10.0 Å². The second kappa shape index (κ2) is 6.15. The van der Waals surface area contributed by atoms with Gasteiger partial charge in [0.2, 0.25) is 0 Å². The summed E-state index contributed by atoms with van der Waals surface area (Å²) < 4.78 is 13.5. The predicted octanol–water partition coefficient (Wildman–Crippen LogP) is 2.04. The summed E-state index contributed by atoms with van der Waals surface area (Å²) in [5.41, 5.74) is 1.12. The molecule has 2 heterocycles. The van der Waals surface area contributed by atoms with Gasteiger partial charge in [-0.15, -0.1) is 0 Å². The van der Waals surface area contributed by atoms with Crippen LogP contribution in [-0.4, -0.2) is 33.5 Å². The molecule has 0 bridgehead atoms. The average Bonchev–Trinajstić information content (AvgIpc) is 2.96. The summed E-state index contributed by atoms with van der Waals surface area (Å²) in [7, 11) is 0. The molecule has 0 saturated carbocycles. The fourth-order valence-corrected chi connectivity index (χ4v) is 2.86. The van der Waals surface area contributed by atoms with Gasteiger partial charge in [-0.3, -0.25) is 4.79 Å². The number of halogens is 1. The zero-order valence-corrected chi connectivity index (χ0v) is 12.2. The van der Waals surface area contributed by atoms with Crippen molar-refractivity contribution in [2.45, 2.75) is 18.6 Å². The zero-order valence-electron chi connectivity index (χ0n) is 12.2. The highest BCUT2D eigenvalue weighted by Crippen LogP contribution is 2.33. The van der Waals surface area contributed by atoms with Gasteiger partial charge >= 0.3 is 0 Å². The molecule has 0 aliphatic carbocycles. The summed E-state index contributed by atoms with van der Waals surface area (Å²) in [4.78, 5) is 18.1. The molecule has 1 aliphatic heterocycles. The second-order valence-corrected chi connectivity index (χ2v) is 5.46. The molecule has 1 aliphatic rings. The number of hydrogen-bond acceptors (Lipinski definition) is 4. The van der Waals surface area contributed by atoms with E-state index in [1.165, 1.54) is 35.4 Å². The Labute approximate surface area is 132 Å². The van der Waals surface area contributed by atoms with Gasteiger partial charge in [-0.2, -0.15) is 5.26 Å². The van der Waals surface area contributed by atoms with Crippen LogP contribution in [0.25, 0.3) is 0 Å². The molecule has 116 valence electrons. The van der Waals surface area contributed by atoms with Gasteiger partial charge in [-0.05, 0) is 36.2 Å².